The van der Waals surface area contributed by atoms with Crippen molar-refractivity contribution in [1.82, 2.24) is 0 Å². The quantitative estimate of drug-likeness (QED) is 0.0819. The first kappa shape index (κ1) is 23.5. The van der Waals surface area contributed by atoms with E-state index >= 15 is 0 Å². The molecular formula is C17H32Cl3NOSi. The summed E-state index contributed by atoms with van der Waals surface area (Å²) in [6.07, 6.45) is 19.4. The second-order valence-corrected chi connectivity index (χ2v) is 15.6. The maximum Gasteiger partial charge on any atom is 0.341 e. The Hall–Kier alpha value is 0.467. The number of isocyanates is 1. The Labute approximate surface area is 157 Å². The summed E-state index contributed by atoms with van der Waals surface area (Å²) in [7, 11) is 0. The van der Waals surface area contributed by atoms with Crippen LogP contribution in [-0.2, 0) is 4.79 Å². The average Bonchev–Trinajstić information content (AvgIpc) is 2.49. The van der Waals surface area contributed by atoms with Gasteiger partial charge in [0.2, 0.25) is 6.08 Å². The second-order valence-electron chi connectivity index (χ2n) is 6.29. The molecule has 0 saturated carbocycles. The lowest BCUT2D eigenvalue weighted by molar-refractivity contribution is 0.535. The third-order valence-corrected chi connectivity index (χ3v) is 6.67. The summed E-state index contributed by atoms with van der Waals surface area (Å²) in [6.45, 7) is 0.649. The molecule has 0 atom stereocenters. The molecule has 0 aliphatic heterocycles. The maximum atomic E-state index is 9.88. The molecule has 0 spiro atoms. The van der Waals surface area contributed by atoms with Crippen molar-refractivity contribution in [3.8, 4) is 0 Å². The molecule has 0 radical (unpaired) electrons. The van der Waals surface area contributed by atoms with Crippen LogP contribution in [0.15, 0.2) is 4.99 Å². The summed E-state index contributed by atoms with van der Waals surface area (Å²) in [5.74, 6) is 0. The fourth-order valence-corrected chi connectivity index (χ4v) is 4.54. The van der Waals surface area contributed by atoms with E-state index in [4.69, 9.17) is 33.2 Å². The van der Waals surface area contributed by atoms with E-state index in [1.807, 2.05) is 0 Å². The zero-order valence-corrected chi connectivity index (χ0v) is 17.6. The Morgan fingerprint density at radius 3 is 1.30 bits per heavy atom. The summed E-state index contributed by atoms with van der Waals surface area (Å²) >= 11 is 17.6. The van der Waals surface area contributed by atoms with Gasteiger partial charge in [-0.05, 0) is 12.5 Å². The molecule has 136 valence electrons. The molecule has 2 nitrogen and oxygen atoms in total. The number of carbonyl (C=O) groups excluding carboxylic acids is 1. The van der Waals surface area contributed by atoms with Crippen LogP contribution >= 0.6 is 33.2 Å². The zero-order chi connectivity index (χ0) is 17.2. The number of halogens is 3. The van der Waals surface area contributed by atoms with Crippen LogP contribution in [0.4, 0.5) is 0 Å². The van der Waals surface area contributed by atoms with Crippen LogP contribution in [-0.4, -0.2) is 18.6 Å². The number of unbranched alkanes of at least 4 members (excludes halogenated alkanes) is 13. The molecule has 0 aromatic carbocycles. The third-order valence-electron chi connectivity index (χ3n) is 4.04. The first-order valence-corrected chi connectivity index (χ1v) is 14.4. The molecule has 6 heteroatoms. The van der Waals surface area contributed by atoms with E-state index in [0.29, 0.717) is 6.54 Å². The lowest BCUT2D eigenvalue weighted by atomic mass is 10.0. The van der Waals surface area contributed by atoms with Gasteiger partial charge in [-0.3, -0.25) is 0 Å². The van der Waals surface area contributed by atoms with E-state index in [1.54, 1.807) is 6.08 Å². The maximum absolute atomic E-state index is 9.88. The topological polar surface area (TPSA) is 29.4 Å². The number of aliphatic imine (C=N–C) groups is 1. The second kappa shape index (κ2) is 17.3. The molecule has 0 aromatic heterocycles. The molecule has 0 saturated heterocycles. The highest BCUT2D eigenvalue weighted by molar-refractivity contribution is 7.64. The molecule has 0 heterocycles. The van der Waals surface area contributed by atoms with Crippen LogP contribution in [0, 0.1) is 0 Å². The van der Waals surface area contributed by atoms with Crippen LogP contribution in [0.25, 0.3) is 0 Å². The molecule has 0 amide bonds. The fourth-order valence-electron chi connectivity index (χ4n) is 2.68. The summed E-state index contributed by atoms with van der Waals surface area (Å²) in [6, 6.07) is -1.56. The van der Waals surface area contributed by atoms with Crippen LogP contribution in [0.2, 0.25) is 6.04 Å². The van der Waals surface area contributed by atoms with Crippen molar-refractivity contribution in [1.29, 1.82) is 0 Å². The van der Waals surface area contributed by atoms with Crippen molar-refractivity contribution in [3.63, 3.8) is 0 Å². The largest absolute Gasteiger partial charge is 0.341 e. The van der Waals surface area contributed by atoms with Crippen LogP contribution in [0.3, 0.4) is 0 Å². The van der Waals surface area contributed by atoms with E-state index in [1.165, 1.54) is 77.0 Å². The van der Waals surface area contributed by atoms with Gasteiger partial charge in [-0.2, -0.15) is 0 Å². The van der Waals surface area contributed by atoms with Crippen LogP contribution < -0.4 is 0 Å². The van der Waals surface area contributed by atoms with E-state index < -0.39 is 6.00 Å². The smallest absolute Gasteiger partial charge is 0.211 e. The highest BCUT2D eigenvalue weighted by Crippen LogP contribution is 2.27. The van der Waals surface area contributed by atoms with E-state index in [-0.39, 0.29) is 0 Å². The predicted molar refractivity (Wildman–Crippen MR) is 106 cm³/mol. The molecule has 23 heavy (non-hydrogen) atoms. The monoisotopic (exact) mass is 399 g/mol. The van der Waals surface area contributed by atoms with Crippen molar-refractivity contribution in [2.24, 2.45) is 4.99 Å². The zero-order valence-electron chi connectivity index (χ0n) is 14.3. The normalized spacial score (nSPS) is 11.4. The Kier molecular flexibility index (Phi) is 17.6. The fraction of sp³-hybridized carbons (Fsp3) is 0.941. The first-order chi connectivity index (χ1) is 11.1. The van der Waals surface area contributed by atoms with Crippen LogP contribution in [0.5, 0.6) is 0 Å². The standard InChI is InChI=1S/C17H32Cl3NOSi/c18-23(19,20)16-14-12-10-8-6-4-2-1-3-5-7-9-11-13-15-21-17-22/h1-16H2. The Morgan fingerprint density at radius 1 is 0.609 bits per heavy atom. The van der Waals surface area contributed by atoms with Gasteiger partial charge in [0.05, 0.1) is 6.54 Å². The van der Waals surface area contributed by atoms with Crippen molar-refractivity contribution in [2.45, 2.75) is 95.9 Å². The number of rotatable bonds is 17. The SMILES string of the molecule is O=C=NCCCCCCCCCCCCCCCC[Si](Cl)(Cl)Cl. The van der Waals surface area contributed by atoms with E-state index in [0.717, 1.165) is 18.9 Å². The summed E-state index contributed by atoms with van der Waals surface area (Å²) in [4.78, 5) is 13.4. The molecule has 0 rings (SSSR count). The molecule has 0 unspecified atom stereocenters. The van der Waals surface area contributed by atoms with E-state index in [9.17, 15) is 4.79 Å². The first-order valence-electron chi connectivity index (χ1n) is 9.16. The van der Waals surface area contributed by atoms with Crippen molar-refractivity contribution in [3.05, 3.63) is 0 Å². The summed E-state index contributed by atoms with van der Waals surface area (Å²) in [5.41, 5.74) is 0. The van der Waals surface area contributed by atoms with Crippen molar-refractivity contribution >= 4 is 45.3 Å². The Bertz CT molecular complexity index is 305. The molecular weight excluding hydrogens is 369 g/mol. The number of nitrogens with zero attached hydrogens (tertiary/aromatic N) is 1. The molecule has 0 fully saturated rings. The van der Waals surface area contributed by atoms with Crippen LogP contribution in [0.1, 0.15) is 89.9 Å². The molecule has 0 aromatic rings. The molecule has 0 aliphatic rings. The van der Waals surface area contributed by atoms with Crippen molar-refractivity contribution < 1.29 is 4.79 Å². The Balaban J connectivity index is 3.04. The van der Waals surface area contributed by atoms with Gasteiger partial charge < -0.3 is 0 Å². The van der Waals surface area contributed by atoms with Gasteiger partial charge in [-0.1, -0.05) is 83.5 Å². The minimum Gasteiger partial charge on any atom is -0.211 e. The van der Waals surface area contributed by atoms with Crippen molar-refractivity contribution in [2.75, 3.05) is 6.54 Å². The van der Waals surface area contributed by atoms with Gasteiger partial charge in [0.15, 0.2) is 0 Å². The average molecular weight is 401 g/mol. The van der Waals surface area contributed by atoms with Gasteiger partial charge in [0.25, 0.3) is 0 Å². The summed E-state index contributed by atoms with van der Waals surface area (Å²) in [5, 5.41) is 0. The Morgan fingerprint density at radius 2 is 0.957 bits per heavy atom. The number of hydrogen-bond donors (Lipinski definition) is 0. The number of hydrogen-bond acceptors (Lipinski definition) is 2. The lowest BCUT2D eigenvalue weighted by Crippen LogP contribution is -2.07. The lowest BCUT2D eigenvalue weighted by Gasteiger charge is -2.06. The van der Waals surface area contributed by atoms with Gasteiger partial charge in [-0.15, -0.1) is 33.2 Å². The van der Waals surface area contributed by atoms with E-state index in [2.05, 4.69) is 4.99 Å². The van der Waals surface area contributed by atoms with Gasteiger partial charge in [-0.25, -0.2) is 9.79 Å². The van der Waals surface area contributed by atoms with Gasteiger partial charge in [0, 0.05) is 0 Å². The highest BCUT2D eigenvalue weighted by Gasteiger charge is 2.23. The van der Waals surface area contributed by atoms with Gasteiger partial charge >= 0.3 is 6.00 Å². The molecule has 0 bridgehead atoms. The molecule has 0 N–H and O–H groups in total. The minimum atomic E-state index is -2.37. The minimum absolute atomic E-state index is 0.649. The van der Waals surface area contributed by atoms with Gasteiger partial charge in [0.1, 0.15) is 0 Å². The summed E-state index contributed by atoms with van der Waals surface area (Å²) < 4.78 is 0. The molecule has 0 aliphatic carbocycles. The third kappa shape index (κ3) is 22.5. The highest BCUT2D eigenvalue weighted by atomic mass is 35.8. The predicted octanol–water partition coefficient (Wildman–Crippen LogP) is 7.44.